The Kier molecular flexibility index (Phi) is 3.20. The summed E-state index contributed by atoms with van der Waals surface area (Å²) in [4.78, 5) is 4.61. The highest BCUT2D eigenvalue weighted by molar-refractivity contribution is 5.86. The molecule has 0 unspecified atom stereocenters. The molecular weight excluding hydrogens is 258 g/mol. The zero-order chi connectivity index (χ0) is 14.1. The minimum absolute atomic E-state index is 0.591. The van der Waals surface area contributed by atoms with E-state index >= 15 is 0 Å². The van der Waals surface area contributed by atoms with Crippen molar-refractivity contribution < 1.29 is 0 Å². The van der Waals surface area contributed by atoms with Crippen LogP contribution in [0.2, 0.25) is 0 Å². The number of benzene rings is 2. The third-order valence-electron chi connectivity index (χ3n) is 4.38. The van der Waals surface area contributed by atoms with Crippen LogP contribution in [0, 0.1) is 0 Å². The molecule has 1 fully saturated rings. The quantitative estimate of drug-likeness (QED) is 0.775. The fourth-order valence-electron chi connectivity index (χ4n) is 3.14. The van der Waals surface area contributed by atoms with Crippen LogP contribution in [0.1, 0.15) is 18.9 Å². The maximum Gasteiger partial charge on any atom is 0.0956 e. The largest absolute Gasteiger partial charge is 0.334 e. The number of hydrogen-bond acceptors (Lipinski definition) is 2. The zero-order valence-corrected chi connectivity index (χ0v) is 12.0. The number of aromatic nitrogens is 2. The molecule has 0 atom stereocenters. The minimum atomic E-state index is 0.591. The minimum Gasteiger partial charge on any atom is -0.334 e. The Morgan fingerprint density at radius 2 is 1.81 bits per heavy atom. The molecule has 1 N–H and O–H groups in total. The molecule has 106 valence electrons. The van der Waals surface area contributed by atoms with Gasteiger partial charge in [-0.3, -0.25) is 0 Å². The number of nitrogens with one attached hydrogen (secondary N) is 1. The standard InChI is InChI=1S/C18H19N3/c1-2-4-15-11-16(6-5-14(15)3-1)18-12-21(13-20-18)17-7-9-19-10-8-17/h1-6,11-13,17,19H,7-10H2. The lowest BCUT2D eigenvalue weighted by atomic mass is 10.1. The molecule has 2 heterocycles. The Balaban J connectivity index is 1.67. The van der Waals surface area contributed by atoms with Crippen molar-refractivity contribution in [3.8, 4) is 11.3 Å². The van der Waals surface area contributed by atoms with Gasteiger partial charge in [0, 0.05) is 17.8 Å². The summed E-state index contributed by atoms with van der Waals surface area (Å²) in [5, 5.41) is 5.96. The highest BCUT2D eigenvalue weighted by atomic mass is 15.1. The van der Waals surface area contributed by atoms with Crippen molar-refractivity contribution >= 4 is 10.8 Å². The topological polar surface area (TPSA) is 29.9 Å². The van der Waals surface area contributed by atoms with E-state index in [2.05, 4.69) is 63.5 Å². The van der Waals surface area contributed by atoms with E-state index in [1.54, 1.807) is 0 Å². The summed E-state index contributed by atoms with van der Waals surface area (Å²) >= 11 is 0. The van der Waals surface area contributed by atoms with Crippen molar-refractivity contribution in [3.63, 3.8) is 0 Å². The summed E-state index contributed by atoms with van der Waals surface area (Å²) in [5.74, 6) is 0. The van der Waals surface area contributed by atoms with Crippen LogP contribution >= 0.6 is 0 Å². The molecule has 1 aliphatic heterocycles. The second-order valence-corrected chi connectivity index (χ2v) is 5.75. The van der Waals surface area contributed by atoms with Crippen molar-refractivity contribution in [3.05, 3.63) is 55.0 Å². The lowest BCUT2D eigenvalue weighted by Crippen LogP contribution is -2.28. The normalized spacial score (nSPS) is 16.4. The van der Waals surface area contributed by atoms with Crippen LogP contribution in [0.3, 0.4) is 0 Å². The first kappa shape index (κ1) is 12.6. The predicted molar refractivity (Wildman–Crippen MR) is 86.3 cm³/mol. The summed E-state index contributed by atoms with van der Waals surface area (Å²) in [7, 11) is 0. The smallest absolute Gasteiger partial charge is 0.0956 e. The van der Waals surface area contributed by atoms with Gasteiger partial charge in [-0.2, -0.15) is 0 Å². The third-order valence-corrected chi connectivity index (χ3v) is 4.38. The number of piperidine rings is 1. The van der Waals surface area contributed by atoms with Crippen molar-refractivity contribution in [1.29, 1.82) is 0 Å². The van der Waals surface area contributed by atoms with Gasteiger partial charge in [-0.1, -0.05) is 36.4 Å². The van der Waals surface area contributed by atoms with Crippen LogP contribution in [-0.4, -0.2) is 22.6 Å². The van der Waals surface area contributed by atoms with Crippen LogP contribution in [0.25, 0.3) is 22.0 Å². The van der Waals surface area contributed by atoms with Crippen LogP contribution in [0.15, 0.2) is 55.0 Å². The number of nitrogens with zero attached hydrogens (tertiary/aromatic N) is 2. The first-order valence-corrected chi connectivity index (χ1v) is 7.63. The first-order valence-electron chi connectivity index (χ1n) is 7.63. The molecule has 4 rings (SSSR count). The molecule has 21 heavy (non-hydrogen) atoms. The van der Waals surface area contributed by atoms with Gasteiger partial charge >= 0.3 is 0 Å². The fraction of sp³-hybridized carbons (Fsp3) is 0.278. The average Bonchev–Trinajstić information content (AvgIpc) is 3.05. The number of imidazole rings is 1. The Morgan fingerprint density at radius 3 is 2.67 bits per heavy atom. The molecule has 3 heteroatoms. The molecule has 0 saturated carbocycles. The molecule has 3 nitrogen and oxygen atoms in total. The lowest BCUT2D eigenvalue weighted by Gasteiger charge is -2.23. The van der Waals surface area contributed by atoms with E-state index in [4.69, 9.17) is 0 Å². The van der Waals surface area contributed by atoms with E-state index in [0.717, 1.165) is 18.8 Å². The predicted octanol–water partition coefficient (Wildman–Crippen LogP) is 3.63. The second-order valence-electron chi connectivity index (χ2n) is 5.75. The molecular formula is C18H19N3. The Hall–Kier alpha value is -2.13. The maximum absolute atomic E-state index is 4.61. The summed E-state index contributed by atoms with van der Waals surface area (Å²) in [6, 6.07) is 15.6. The highest BCUT2D eigenvalue weighted by Crippen LogP contribution is 2.25. The molecule has 2 aromatic carbocycles. The van der Waals surface area contributed by atoms with Gasteiger partial charge in [0.25, 0.3) is 0 Å². The highest BCUT2D eigenvalue weighted by Gasteiger charge is 2.15. The summed E-state index contributed by atoms with van der Waals surface area (Å²) in [6.07, 6.45) is 6.56. The Morgan fingerprint density at radius 1 is 1.00 bits per heavy atom. The molecule has 0 aliphatic carbocycles. The zero-order valence-electron chi connectivity index (χ0n) is 12.0. The molecule has 0 bridgehead atoms. The summed E-state index contributed by atoms with van der Waals surface area (Å²) in [6.45, 7) is 2.21. The van der Waals surface area contributed by atoms with Crippen LogP contribution < -0.4 is 5.32 Å². The van der Waals surface area contributed by atoms with Gasteiger partial charge in [-0.05, 0) is 42.8 Å². The average molecular weight is 277 g/mol. The van der Waals surface area contributed by atoms with Gasteiger partial charge < -0.3 is 9.88 Å². The van der Waals surface area contributed by atoms with Gasteiger partial charge in [0.05, 0.1) is 12.0 Å². The number of rotatable bonds is 2. The van der Waals surface area contributed by atoms with Crippen LogP contribution in [-0.2, 0) is 0 Å². The van der Waals surface area contributed by atoms with Crippen molar-refractivity contribution in [2.24, 2.45) is 0 Å². The van der Waals surface area contributed by atoms with E-state index in [1.807, 2.05) is 6.33 Å². The number of hydrogen-bond donors (Lipinski definition) is 1. The summed E-state index contributed by atoms with van der Waals surface area (Å²) in [5.41, 5.74) is 2.26. The molecule has 1 aliphatic rings. The van der Waals surface area contributed by atoms with Crippen molar-refractivity contribution in [2.45, 2.75) is 18.9 Å². The van der Waals surface area contributed by atoms with Crippen LogP contribution in [0.5, 0.6) is 0 Å². The Labute approximate surface area is 124 Å². The maximum atomic E-state index is 4.61. The third kappa shape index (κ3) is 2.45. The number of fused-ring (bicyclic) bond motifs is 1. The van der Waals surface area contributed by atoms with E-state index in [1.165, 1.54) is 29.2 Å². The van der Waals surface area contributed by atoms with Gasteiger partial charge in [-0.15, -0.1) is 0 Å². The first-order chi connectivity index (χ1) is 10.4. The van der Waals surface area contributed by atoms with E-state index in [9.17, 15) is 0 Å². The van der Waals surface area contributed by atoms with Gasteiger partial charge in [0.1, 0.15) is 0 Å². The van der Waals surface area contributed by atoms with E-state index in [0.29, 0.717) is 6.04 Å². The van der Waals surface area contributed by atoms with Crippen molar-refractivity contribution in [1.82, 2.24) is 14.9 Å². The SMILES string of the molecule is c1ccc2cc(-c3cn(C4CCNCC4)cn3)ccc2c1. The molecule has 0 amide bonds. The van der Waals surface area contributed by atoms with E-state index < -0.39 is 0 Å². The van der Waals surface area contributed by atoms with Gasteiger partial charge in [0.2, 0.25) is 0 Å². The lowest BCUT2D eigenvalue weighted by molar-refractivity contribution is 0.368. The molecule has 1 aromatic heterocycles. The van der Waals surface area contributed by atoms with Crippen LogP contribution in [0.4, 0.5) is 0 Å². The molecule has 0 spiro atoms. The fourth-order valence-corrected chi connectivity index (χ4v) is 3.14. The second kappa shape index (κ2) is 5.34. The van der Waals surface area contributed by atoms with Crippen molar-refractivity contribution in [2.75, 3.05) is 13.1 Å². The van der Waals surface area contributed by atoms with E-state index in [-0.39, 0.29) is 0 Å². The summed E-state index contributed by atoms with van der Waals surface area (Å²) < 4.78 is 2.28. The molecule has 1 saturated heterocycles. The molecule has 3 aromatic rings. The monoisotopic (exact) mass is 277 g/mol. The Bertz CT molecular complexity index is 754. The van der Waals surface area contributed by atoms with Gasteiger partial charge in [0.15, 0.2) is 0 Å². The molecule has 0 radical (unpaired) electrons. The van der Waals surface area contributed by atoms with Gasteiger partial charge in [-0.25, -0.2) is 4.98 Å².